The first-order chi connectivity index (χ1) is 15.3. The third kappa shape index (κ3) is 3.45. The van der Waals surface area contributed by atoms with E-state index in [1.54, 1.807) is 25.3 Å². The van der Waals surface area contributed by atoms with E-state index in [0.29, 0.717) is 28.0 Å². The molecule has 32 heavy (non-hydrogen) atoms. The number of nitrogens with one attached hydrogen (secondary N) is 3. The molecule has 0 aliphatic carbocycles. The molecule has 0 saturated carbocycles. The lowest BCUT2D eigenvalue weighted by Gasteiger charge is -2.10. The lowest BCUT2D eigenvalue weighted by molar-refractivity contribution is -0.137. The van der Waals surface area contributed by atoms with E-state index in [4.69, 9.17) is 4.52 Å². The first-order valence-electron chi connectivity index (χ1n) is 9.42. The van der Waals surface area contributed by atoms with Crippen LogP contribution in [0.5, 0.6) is 0 Å². The van der Waals surface area contributed by atoms with Crippen molar-refractivity contribution in [1.82, 2.24) is 35.4 Å². The van der Waals surface area contributed by atoms with Crippen LogP contribution in [0.25, 0.3) is 33.6 Å². The number of alkyl halides is 3. The summed E-state index contributed by atoms with van der Waals surface area (Å²) in [5.41, 5.74) is 0.844. The molecule has 0 fully saturated rings. The lowest BCUT2D eigenvalue weighted by atomic mass is 10.2. The van der Waals surface area contributed by atoms with Crippen molar-refractivity contribution in [3.63, 3.8) is 0 Å². The summed E-state index contributed by atoms with van der Waals surface area (Å²) in [4.78, 5) is 30.7. The third-order valence-electron chi connectivity index (χ3n) is 4.92. The minimum atomic E-state index is -4.45. The van der Waals surface area contributed by atoms with Crippen molar-refractivity contribution in [2.45, 2.75) is 19.1 Å². The van der Waals surface area contributed by atoms with Crippen LogP contribution in [0, 0.1) is 0 Å². The predicted octanol–water partition coefficient (Wildman–Crippen LogP) is 4.00. The van der Waals surface area contributed by atoms with E-state index in [0.717, 1.165) is 12.1 Å². The van der Waals surface area contributed by atoms with Crippen LogP contribution in [0.3, 0.4) is 0 Å². The zero-order valence-electron chi connectivity index (χ0n) is 16.4. The van der Waals surface area contributed by atoms with Gasteiger partial charge in [-0.25, -0.2) is 15.0 Å². The van der Waals surface area contributed by atoms with Crippen LogP contribution < -0.4 is 5.32 Å². The Bertz CT molecular complexity index is 1450. The molecule has 162 valence electrons. The van der Waals surface area contributed by atoms with E-state index in [9.17, 15) is 18.0 Å². The number of halogens is 3. The number of amides is 1. The van der Waals surface area contributed by atoms with Gasteiger partial charge in [-0.15, -0.1) is 0 Å². The first kappa shape index (κ1) is 19.7. The third-order valence-corrected chi connectivity index (χ3v) is 4.92. The number of hydrogen-bond donors (Lipinski definition) is 3. The maximum atomic E-state index is 12.9. The van der Waals surface area contributed by atoms with Crippen molar-refractivity contribution in [1.29, 1.82) is 0 Å². The van der Waals surface area contributed by atoms with E-state index >= 15 is 0 Å². The Hall–Kier alpha value is -4.22. The number of carbonyl (C=O) groups is 1. The highest BCUT2D eigenvalue weighted by molar-refractivity contribution is 6.03. The van der Waals surface area contributed by atoms with Gasteiger partial charge in [-0.1, -0.05) is 5.16 Å². The standard InChI is InChI=1S/C20H14F3N7O2/c1-9(27-19(31)16-11-4-5-24-17(11)26-8-25-16)15-7-14(30-32-15)18-28-12-3-2-10(20(21,22)23)6-13(12)29-18/h2-9H,1H3,(H,27,31)(H,28,29)(H,24,25,26)/t9-/m0/s1. The number of nitrogens with zero attached hydrogens (tertiary/aromatic N) is 4. The molecule has 5 rings (SSSR count). The molecule has 3 N–H and O–H groups in total. The quantitative estimate of drug-likeness (QED) is 0.387. The largest absolute Gasteiger partial charge is 0.416 e. The first-order valence-corrected chi connectivity index (χ1v) is 9.42. The number of rotatable bonds is 4. The molecule has 5 aromatic rings. The fourth-order valence-electron chi connectivity index (χ4n) is 3.30. The average Bonchev–Trinajstić information content (AvgIpc) is 3.50. The predicted molar refractivity (Wildman–Crippen MR) is 106 cm³/mol. The van der Waals surface area contributed by atoms with Crippen LogP contribution >= 0.6 is 0 Å². The molecule has 0 saturated heterocycles. The number of benzene rings is 1. The van der Waals surface area contributed by atoms with E-state index in [1.165, 1.54) is 12.4 Å². The zero-order chi connectivity index (χ0) is 22.5. The minimum Gasteiger partial charge on any atom is -0.358 e. The Kier molecular flexibility index (Phi) is 4.43. The molecular weight excluding hydrogens is 427 g/mol. The van der Waals surface area contributed by atoms with E-state index < -0.39 is 23.7 Å². The highest BCUT2D eigenvalue weighted by atomic mass is 19.4. The molecule has 0 aliphatic heterocycles. The number of H-pyrrole nitrogens is 2. The van der Waals surface area contributed by atoms with Gasteiger partial charge in [0.15, 0.2) is 11.6 Å². The Labute approximate surface area is 177 Å². The highest BCUT2D eigenvalue weighted by Crippen LogP contribution is 2.32. The van der Waals surface area contributed by atoms with Crippen LogP contribution in [-0.4, -0.2) is 36.0 Å². The molecule has 0 bridgehead atoms. The molecular formula is C20H14F3N7O2. The van der Waals surface area contributed by atoms with Gasteiger partial charge in [0.05, 0.1) is 28.0 Å². The van der Waals surface area contributed by atoms with Gasteiger partial charge in [-0.05, 0) is 31.2 Å². The molecule has 0 spiro atoms. The summed E-state index contributed by atoms with van der Waals surface area (Å²) in [6.45, 7) is 1.70. The van der Waals surface area contributed by atoms with Gasteiger partial charge in [-0.2, -0.15) is 13.2 Å². The monoisotopic (exact) mass is 441 g/mol. The van der Waals surface area contributed by atoms with Crippen molar-refractivity contribution in [2.75, 3.05) is 0 Å². The highest BCUT2D eigenvalue weighted by Gasteiger charge is 2.31. The van der Waals surface area contributed by atoms with Crippen molar-refractivity contribution >= 4 is 28.0 Å². The Morgan fingerprint density at radius 1 is 1.19 bits per heavy atom. The molecule has 12 heteroatoms. The summed E-state index contributed by atoms with van der Waals surface area (Å²) in [6, 6.07) is 5.93. The van der Waals surface area contributed by atoms with Gasteiger partial charge in [-0.3, -0.25) is 4.79 Å². The van der Waals surface area contributed by atoms with Crippen molar-refractivity contribution in [3.8, 4) is 11.5 Å². The molecule has 1 amide bonds. The van der Waals surface area contributed by atoms with Gasteiger partial charge in [0, 0.05) is 12.3 Å². The minimum absolute atomic E-state index is 0.209. The Morgan fingerprint density at radius 2 is 2.03 bits per heavy atom. The normalized spacial score (nSPS) is 13.0. The maximum absolute atomic E-state index is 12.9. The maximum Gasteiger partial charge on any atom is 0.416 e. The topological polar surface area (TPSA) is 125 Å². The van der Waals surface area contributed by atoms with E-state index in [-0.39, 0.29) is 17.0 Å². The molecule has 1 atom stereocenters. The molecule has 1 aromatic carbocycles. The number of fused-ring (bicyclic) bond motifs is 2. The fourth-order valence-corrected chi connectivity index (χ4v) is 3.30. The van der Waals surface area contributed by atoms with Crippen LogP contribution in [0.15, 0.2) is 47.4 Å². The number of aromatic amines is 2. The Morgan fingerprint density at radius 3 is 2.84 bits per heavy atom. The molecule has 0 radical (unpaired) electrons. The smallest absolute Gasteiger partial charge is 0.358 e. The molecule has 4 aromatic heterocycles. The summed E-state index contributed by atoms with van der Waals surface area (Å²) in [5, 5.41) is 7.28. The van der Waals surface area contributed by atoms with Crippen LogP contribution in [0.2, 0.25) is 0 Å². The SMILES string of the molecule is C[C@H](NC(=O)c1ncnc2[nH]ccc12)c1cc(-c2nc3ccc(C(F)(F)F)cc3[nH]2)no1. The summed E-state index contributed by atoms with van der Waals surface area (Å²) < 4.78 is 44.1. The fraction of sp³-hybridized carbons (Fsp3) is 0.150. The average molecular weight is 441 g/mol. The summed E-state index contributed by atoms with van der Waals surface area (Å²) >= 11 is 0. The van der Waals surface area contributed by atoms with Gasteiger partial charge in [0.25, 0.3) is 5.91 Å². The molecule has 0 aliphatic rings. The number of hydrogen-bond acceptors (Lipinski definition) is 6. The second-order valence-electron chi connectivity index (χ2n) is 7.09. The second-order valence-corrected chi connectivity index (χ2v) is 7.09. The number of imidazole rings is 1. The van der Waals surface area contributed by atoms with E-state index in [1.807, 2.05) is 0 Å². The molecule has 4 heterocycles. The van der Waals surface area contributed by atoms with E-state index in [2.05, 4.69) is 35.4 Å². The van der Waals surface area contributed by atoms with Crippen LogP contribution in [0.4, 0.5) is 13.2 Å². The van der Waals surface area contributed by atoms with Gasteiger partial charge in [0.1, 0.15) is 23.4 Å². The molecule has 0 unspecified atom stereocenters. The van der Waals surface area contributed by atoms with Crippen molar-refractivity contribution < 1.29 is 22.5 Å². The van der Waals surface area contributed by atoms with Crippen molar-refractivity contribution in [3.05, 3.63) is 59.9 Å². The van der Waals surface area contributed by atoms with Crippen LogP contribution in [0.1, 0.15) is 34.8 Å². The molecule has 9 nitrogen and oxygen atoms in total. The summed E-state index contributed by atoms with van der Waals surface area (Å²) in [5.74, 6) is 0.160. The Balaban J connectivity index is 1.37. The summed E-state index contributed by atoms with van der Waals surface area (Å²) in [7, 11) is 0. The van der Waals surface area contributed by atoms with Gasteiger partial charge >= 0.3 is 6.18 Å². The zero-order valence-corrected chi connectivity index (χ0v) is 16.4. The van der Waals surface area contributed by atoms with Gasteiger partial charge in [0.2, 0.25) is 0 Å². The lowest BCUT2D eigenvalue weighted by Crippen LogP contribution is -2.27. The number of aromatic nitrogens is 6. The second kappa shape index (κ2) is 7.18. The van der Waals surface area contributed by atoms with Crippen LogP contribution in [-0.2, 0) is 6.18 Å². The van der Waals surface area contributed by atoms with Gasteiger partial charge < -0.3 is 19.8 Å². The number of carbonyl (C=O) groups excluding carboxylic acids is 1. The summed E-state index contributed by atoms with van der Waals surface area (Å²) in [6.07, 6.45) is -1.51. The van der Waals surface area contributed by atoms with Crippen molar-refractivity contribution in [2.24, 2.45) is 0 Å².